The fraction of sp³-hybridized carbons (Fsp3) is 0. The fourth-order valence-corrected chi connectivity index (χ4v) is 2.14. The molecule has 2 aromatic carbocycles. The normalized spacial score (nSPS) is 10.3. The first kappa shape index (κ1) is 12.9. The Morgan fingerprint density at radius 1 is 0.714 bits per heavy atom. The summed E-state index contributed by atoms with van der Waals surface area (Å²) in [7, 11) is 0. The lowest BCUT2D eigenvalue weighted by molar-refractivity contribution is 1.15. The van der Waals surface area contributed by atoms with E-state index in [0.717, 1.165) is 17.1 Å². The van der Waals surface area contributed by atoms with Gasteiger partial charge in [0.25, 0.3) is 0 Å². The van der Waals surface area contributed by atoms with Gasteiger partial charge >= 0.3 is 0 Å². The Hall–Kier alpha value is -3.08. The molecule has 0 amide bonds. The van der Waals surface area contributed by atoms with Gasteiger partial charge in [-0.15, -0.1) is 0 Å². The number of nitrogens with zero attached hydrogens (tertiary/aromatic N) is 3. The van der Waals surface area contributed by atoms with Gasteiger partial charge in [-0.25, -0.2) is 9.97 Å². The van der Waals surface area contributed by atoms with E-state index in [1.54, 1.807) is 12.4 Å². The summed E-state index contributed by atoms with van der Waals surface area (Å²) in [5.74, 6) is 0.243. The molecule has 0 spiro atoms. The zero-order chi connectivity index (χ0) is 14.7. The fourth-order valence-electron chi connectivity index (χ4n) is 2.14. The number of rotatable bonds is 3. The summed E-state index contributed by atoms with van der Waals surface area (Å²) in [5, 5.41) is 0. The second-order valence-corrected chi connectivity index (χ2v) is 4.53. The lowest BCUT2D eigenvalue weighted by Crippen LogP contribution is -2.12. The van der Waals surface area contributed by atoms with Crippen LogP contribution in [0.25, 0.3) is 0 Å². The first-order valence-electron chi connectivity index (χ1n) is 6.53. The largest absolute Gasteiger partial charge is 0.397 e. The van der Waals surface area contributed by atoms with Gasteiger partial charge in [0.05, 0.1) is 29.5 Å². The molecular formula is C16H15N5. The van der Waals surface area contributed by atoms with Crippen LogP contribution >= 0.6 is 0 Å². The summed E-state index contributed by atoms with van der Waals surface area (Å²) in [5.41, 5.74) is 15.0. The number of nitrogens with two attached hydrogens (primary N) is 2. The van der Waals surface area contributed by atoms with Crippen LogP contribution in [0.4, 0.5) is 28.7 Å². The minimum Gasteiger partial charge on any atom is -0.397 e. The molecule has 3 aromatic rings. The lowest BCUT2D eigenvalue weighted by Gasteiger charge is -2.25. The Balaban J connectivity index is 2.16. The van der Waals surface area contributed by atoms with Crippen molar-refractivity contribution in [1.82, 2.24) is 9.97 Å². The van der Waals surface area contributed by atoms with E-state index in [0.29, 0.717) is 5.69 Å². The van der Waals surface area contributed by atoms with Crippen LogP contribution in [0.15, 0.2) is 67.0 Å². The van der Waals surface area contributed by atoms with Crippen LogP contribution in [0.2, 0.25) is 0 Å². The van der Waals surface area contributed by atoms with E-state index in [1.165, 1.54) is 0 Å². The van der Waals surface area contributed by atoms with Crippen molar-refractivity contribution in [2.24, 2.45) is 0 Å². The van der Waals surface area contributed by atoms with Crippen molar-refractivity contribution in [2.45, 2.75) is 0 Å². The van der Waals surface area contributed by atoms with Gasteiger partial charge in [0.1, 0.15) is 0 Å². The van der Waals surface area contributed by atoms with E-state index in [-0.39, 0.29) is 5.95 Å². The maximum absolute atomic E-state index is 6.12. The third kappa shape index (κ3) is 2.62. The van der Waals surface area contributed by atoms with Crippen LogP contribution in [-0.2, 0) is 0 Å². The molecule has 5 nitrogen and oxygen atoms in total. The van der Waals surface area contributed by atoms with E-state index >= 15 is 0 Å². The van der Waals surface area contributed by atoms with Gasteiger partial charge < -0.3 is 16.4 Å². The topological polar surface area (TPSA) is 81.1 Å². The molecular weight excluding hydrogens is 262 g/mol. The molecule has 0 aliphatic rings. The zero-order valence-electron chi connectivity index (χ0n) is 11.3. The first-order chi connectivity index (χ1) is 10.3. The molecule has 0 saturated heterocycles. The Labute approximate surface area is 122 Å². The van der Waals surface area contributed by atoms with Crippen molar-refractivity contribution in [2.75, 3.05) is 16.4 Å². The number of para-hydroxylation sites is 3. The van der Waals surface area contributed by atoms with E-state index < -0.39 is 0 Å². The van der Waals surface area contributed by atoms with Gasteiger partial charge in [-0.05, 0) is 24.3 Å². The van der Waals surface area contributed by atoms with E-state index in [1.807, 2.05) is 59.5 Å². The second-order valence-electron chi connectivity index (χ2n) is 4.53. The molecule has 4 N–H and O–H groups in total. The van der Waals surface area contributed by atoms with Crippen LogP contribution in [0.5, 0.6) is 0 Å². The molecule has 0 saturated carbocycles. The summed E-state index contributed by atoms with van der Waals surface area (Å²) in [6.45, 7) is 0. The molecule has 5 heteroatoms. The molecule has 1 aromatic heterocycles. The number of nitrogen functional groups attached to an aromatic ring is 2. The highest BCUT2D eigenvalue weighted by atomic mass is 15.2. The molecule has 21 heavy (non-hydrogen) atoms. The Morgan fingerprint density at radius 2 is 1.33 bits per heavy atom. The third-order valence-electron chi connectivity index (χ3n) is 3.11. The van der Waals surface area contributed by atoms with Crippen molar-refractivity contribution in [3.05, 3.63) is 67.0 Å². The summed E-state index contributed by atoms with van der Waals surface area (Å²) < 4.78 is 0. The van der Waals surface area contributed by atoms with E-state index in [9.17, 15) is 0 Å². The maximum atomic E-state index is 6.12. The zero-order valence-corrected chi connectivity index (χ0v) is 11.3. The molecule has 0 atom stereocenters. The maximum Gasteiger partial charge on any atom is 0.220 e. The van der Waals surface area contributed by atoms with Gasteiger partial charge in [-0.3, -0.25) is 0 Å². The van der Waals surface area contributed by atoms with Crippen molar-refractivity contribution in [1.29, 1.82) is 0 Å². The summed E-state index contributed by atoms with van der Waals surface area (Å²) >= 11 is 0. The molecule has 1 heterocycles. The second kappa shape index (κ2) is 5.50. The van der Waals surface area contributed by atoms with Crippen LogP contribution in [0.1, 0.15) is 0 Å². The molecule has 0 aliphatic carbocycles. The van der Waals surface area contributed by atoms with Crippen molar-refractivity contribution in [3.8, 4) is 0 Å². The molecule has 3 rings (SSSR count). The Kier molecular flexibility index (Phi) is 3.39. The smallest absolute Gasteiger partial charge is 0.220 e. The van der Waals surface area contributed by atoms with E-state index in [4.69, 9.17) is 11.5 Å². The Bertz CT molecular complexity index is 725. The average molecular weight is 277 g/mol. The molecule has 0 aliphatic heterocycles. The quantitative estimate of drug-likeness (QED) is 0.719. The van der Waals surface area contributed by atoms with Crippen LogP contribution in [0, 0.1) is 0 Å². The Morgan fingerprint density at radius 3 is 2.00 bits per heavy atom. The highest BCUT2D eigenvalue weighted by Crippen LogP contribution is 2.36. The lowest BCUT2D eigenvalue weighted by atomic mass is 10.2. The van der Waals surface area contributed by atoms with Crippen molar-refractivity contribution >= 4 is 28.7 Å². The van der Waals surface area contributed by atoms with Crippen LogP contribution in [-0.4, -0.2) is 9.97 Å². The monoisotopic (exact) mass is 277 g/mol. The highest BCUT2D eigenvalue weighted by Gasteiger charge is 2.14. The van der Waals surface area contributed by atoms with Gasteiger partial charge in [-0.1, -0.05) is 30.3 Å². The van der Waals surface area contributed by atoms with Crippen LogP contribution < -0.4 is 16.4 Å². The van der Waals surface area contributed by atoms with Crippen molar-refractivity contribution in [3.63, 3.8) is 0 Å². The molecule has 0 radical (unpaired) electrons. The number of hydrogen-bond acceptors (Lipinski definition) is 5. The minimum absolute atomic E-state index is 0.243. The SMILES string of the molecule is Nc1ncc(N(c2ccccc2)c2ccccc2N)cn1. The number of hydrogen-bond donors (Lipinski definition) is 2. The standard InChI is InChI=1S/C16H15N5/c17-14-8-4-5-9-15(14)21(12-6-2-1-3-7-12)13-10-19-16(18)20-11-13/h1-11H,17H2,(H2,18,19,20). The molecule has 104 valence electrons. The predicted octanol–water partition coefficient (Wildman–Crippen LogP) is 3.11. The van der Waals surface area contributed by atoms with Crippen LogP contribution in [0.3, 0.4) is 0 Å². The molecule has 0 fully saturated rings. The average Bonchev–Trinajstić information content (AvgIpc) is 2.52. The van der Waals surface area contributed by atoms with Gasteiger partial charge in [0.15, 0.2) is 0 Å². The minimum atomic E-state index is 0.243. The summed E-state index contributed by atoms with van der Waals surface area (Å²) in [6.07, 6.45) is 3.36. The highest BCUT2D eigenvalue weighted by molar-refractivity contribution is 5.82. The number of benzene rings is 2. The summed E-state index contributed by atoms with van der Waals surface area (Å²) in [4.78, 5) is 10.1. The first-order valence-corrected chi connectivity index (χ1v) is 6.53. The number of aromatic nitrogens is 2. The summed E-state index contributed by atoms with van der Waals surface area (Å²) in [6, 6.07) is 17.6. The molecule has 0 bridgehead atoms. The van der Waals surface area contributed by atoms with Gasteiger partial charge in [0, 0.05) is 5.69 Å². The predicted molar refractivity (Wildman–Crippen MR) is 85.5 cm³/mol. The third-order valence-corrected chi connectivity index (χ3v) is 3.11. The number of anilines is 5. The van der Waals surface area contributed by atoms with Crippen molar-refractivity contribution < 1.29 is 0 Å². The van der Waals surface area contributed by atoms with Gasteiger partial charge in [-0.2, -0.15) is 0 Å². The molecule has 0 unspecified atom stereocenters. The van der Waals surface area contributed by atoms with E-state index in [2.05, 4.69) is 9.97 Å². The van der Waals surface area contributed by atoms with Gasteiger partial charge in [0.2, 0.25) is 5.95 Å².